The van der Waals surface area contributed by atoms with Crippen LogP contribution in [0, 0.1) is 11.2 Å². The molecule has 2 aromatic rings. The molecule has 142 valence electrons. The topological polar surface area (TPSA) is 52.0 Å². The Morgan fingerprint density at radius 2 is 2.14 bits per heavy atom. The molecule has 0 unspecified atom stereocenters. The molecule has 0 aliphatic carbocycles. The Bertz CT molecular complexity index is 946. The summed E-state index contributed by atoms with van der Waals surface area (Å²) in [4.78, 5) is 6.43. The van der Waals surface area contributed by atoms with Gasteiger partial charge in [0.15, 0.2) is 0 Å². The molecule has 3 heterocycles. The van der Waals surface area contributed by atoms with Crippen molar-refractivity contribution in [2.45, 2.75) is 25.3 Å². The first kappa shape index (κ1) is 18.2. The Morgan fingerprint density at radius 3 is 2.96 bits per heavy atom. The van der Waals surface area contributed by atoms with Gasteiger partial charge in [0.2, 0.25) is 0 Å². The Morgan fingerprint density at radius 1 is 1.21 bits per heavy atom. The second-order valence-corrected chi connectivity index (χ2v) is 6.98. The van der Waals surface area contributed by atoms with Crippen LogP contribution in [0.5, 0.6) is 0 Å². The van der Waals surface area contributed by atoms with Crippen molar-refractivity contribution in [3.63, 3.8) is 0 Å². The van der Waals surface area contributed by atoms with E-state index in [1.807, 2.05) is 41.3 Å². The van der Waals surface area contributed by atoms with Gasteiger partial charge in [-0.3, -0.25) is 10.4 Å². The fourth-order valence-corrected chi connectivity index (χ4v) is 3.74. The van der Waals surface area contributed by atoms with Crippen LogP contribution >= 0.6 is 0 Å². The largest absolute Gasteiger partial charge is 0.354 e. The number of likely N-dealkylation sites (tertiary alicyclic amines) is 1. The predicted molar refractivity (Wildman–Crippen MR) is 110 cm³/mol. The molecule has 1 saturated heterocycles. The molecule has 0 radical (unpaired) electrons. The smallest absolute Gasteiger partial charge is 0.123 e. The van der Waals surface area contributed by atoms with Crippen LogP contribution in [0.4, 0.5) is 4.39 Å². The lowest BCUT2D eigenvalue weighted by Gasteiger charge is -2.26. The SMILES string of the molecule is N=C(/C=C\C1=CCC=C(c2ccccn2)N1)N1CCC[C@@H]1c1cccc(F)c1. The summed E-state index contributed by atoms with van der Waals surface area (Å²) in [7, 11) is 0. The zero-order valence-electron chi connectivity index (χ0n) is 15.6. The van der Waals surface area contributed by atoms with Crippen LogP contribution in [0.25, 0.3) is 5.70 Å². The van der Waals surface area contributed by atoms with E-state index in [0.29, 0.717) is 5.84 Å². The van der Waals surface area contributed by atoms with E-state index in [9.17, 15) is 4.39 Å². The van der Waals surface area contributed by atoms with Gasteiger partial charge >= 0.3 is 0 Å². The van der Waals surface area contributed by atoms with Gasteiger partial charge < -0.3 is 10.2 Å². The van der Waals surface area contributed by atoms with Crippen LogP contribution in [0.1, 0.15) is 36.6 Å². The fraction of sp³-hybridized carbons (Fsp3) is 0.217. The van der Waals surface area contributed by atoms with Crippen molar-refractivity contribution in [1.29, 1.82) is 5.41 Å². The van der Waals surface area contributed by atoms with Gasteiger partial charge in [-0.25, -0.2) is 4.39 Å². The van der Waals surface area contributed by atoms with Crippen molar-refractivity contribution in [3.8, 4) is 0 Å². The summed E-state index contributed by atoms with van der Waals surface area (Å²) < 4.78 is 13.6. The van der Waals surface area contributed by atoms with Gasteiger partial charge in [-0.2, -0.15) is 0 Å². The maximum atomic E-state index is 13.6. The first-order chi connectivity index (χ1) is 13.7. The number of allylic oxidation sites excluding steroid dienone is 3. The third-order valence-electron chi connectivity index (χ3n) is 5.10. The van der Waals surface area contributed by atoms with E-state index in [2.05, 4.69) is 22.5 Å². The predicted octanol–water partition coefficient (Wildman–Crippen LogP) is 4.81. The van der Waals surface area contributed by atoms with Crippen molar-refractivity contribution >= 4 is 11.5 Å². The lowest BCUT2D eigenvalue weighted by Crippen LogP contribution is -2.28. The fourth-order valence-electron chi connectivity index (χ4n) is 3.74. The summed E-state index contributed by atoms with van der Waals surface area (Å²) in [5.41, 5.74) is 3.77. The van der Waals surface area contributed by atoms with Crippen LogP contribution in [0.15, 0.2) is 78.7 Å². The molecule has 1 aromatic heterocycles. The summed E-state index contributed by atoms with van der Waals surface area (Å²) in [5, 5.41) is 11.9. The number of amidine groups is 1. The highest BCUT2D eigenvalue weighted by molar-refractivity contribution is 5.91. The highest BCUT2D eigenvalue weighted by Crippen LogP contribution is 2.32. The summed E-state index contributed by atoms with van der Waals surface area (Å²) >= 11 is 0. The molecule has 0 amide bonds. The number of pyridine rings is 1. The zero-order valence-corrected chi connectivity index (χ0v) is 15.6. The summed E-state index contributed by atoms with van der Waals surface area (Å²) in [6.45, 7) is 0.815. The van der Waals surface area contributed by atoms with E-state index >= 15 is 0 Å². The number of nitrogens with zero attached hydrogens (tertiary/aromatic N) is 2. The normalized spacial score (nSPS) is 19.3. The lowest BCUT2D eigenvalue weighted by molar-refractivity contribution is 0.398. The van der Waals surface area contributed by atoms with Crippen LogP contribution < -0.4 is 5.32 Å². The number of halogens is 1. The Balaban J connectivity index is 1.43. The van der Waals surface area contributed by atoms with E-state index in [4.69, 9.17) is 5.41 Å². The Kier molecular flexibility index (Phi) is 5.33. The van der Waals surface area contributed by atoms with Gasteiger partial charge in [-0.05, 0) is 61.2 Å². The minimum Gasteiger partial charge on any atom is -0.354 e. The first-order valence-corrected chi connectivity index (χ1v) is 9.58. The monoisotopic (exact) mass is 374 g/mol. The molecule has 0 spiro atoms. The third kappa shape index (κ3) is 4.03. The molecule has 2 aliphatic rings. The van der Waals surface area contributed by atoms with E-state index in [0.717, 1.165) is 48.5 Å². The number of rotatable bonds is 4. The molecule has 1 aromatic carbocycles. The molecular formula is C23H23FN4. The summed E-state index contributed by atoms with van der Waals surface area (Å²) in [6, 6.07) is 12.6. The number of dihydropyridines is 1. The molecule has 4 rings (SSSR count). The second kappa shape index (κ2) is 8.21. The molecule has 0 saturated carbocycles. The molecule has 5 heteroatoms. The quantitative estimate of drug-likeness (QED) is 0.596. The van der Waals surface area contributed by atoms with Crippen molar-refractivity contribution in [2.24, 2.45) is 0 Å². The summed E-state index contributed by atoms with van der Waals surface area (Å²) in [5.74, 6) is 0.222. The number of nitrogens with one attached hydrogen (secondary N) is 2. The summed E-state index contributed by atoms with van der Waals surface area (Å²) in [6.07, 6.45) is 12.5. The van der Waals surface area contributed by atoms with Crippen LogP contribution in [-0.2, 0) is 0 Å². The third-order valence-corrected chi connectivity index (χ3v) is 5.10. The van der Waals surface area contributed by atoms with E-state index in [1.54, 1.807) is 18.3 Å². The average molecular weight is 374 g/mol. The van der Waals surface area contributed by atoms with Crippen molar-refractivity contribution in [1.82, 2.24) is 15.2 Å². The number of benzene rings is 1. The van der Waals surface area contributed by atoms with Gasteiger partial charge in [0.05, 0.1) is 17.4 Å². The second-order valence-electron chi connectivity index (χ2n) is 6.98. The average Bonchev–Trinajstić information content (AvgIpc) is 3.23. The maximum absolute atomic E-state index is 13.6. The van der Waals surface area contributed by atoms with Crippen molar-refractivity contribution < 1.29 is 4.39 Å². The van der Waals surface area contributed by atoms with Gasteiger partial charge in [-0.15, -0.1) is 0 Å². The van der Waals surface area contributed by atoms with Crippen molar-refractivity contribution in [2.75, 3.05) is 6.54 Å². The number of aromatic nitrogens is 1. The van der Waals surface area contributed by atoms with E-state index in [1.165, 1.54) is 6.07 Å². The zero-order chi connectivity index (χ0) is 19.3. The molecule has 2 aliphatic heterocycles. The number of hydrogen-bond donors (Lipinski definition) is 2. The van der Waals surface area contributed by atoms with Crippen LogP contribution in [-0.4, -0.2) is 22.3 Å². The molecule has 0 bridgehead atoms. The minimum absolute atomic E-state index is 0.0603. The highest BCUT2D eigenvalue weighted by atomic mass is 19.1. The van der Waals surface area contributed by atoms with Gasteiger partial charge in [0.25, 0.3) is 0 Å². The molecule has 1 atom stereocenters. The first-order valence-electron chi connectivity index (χ1n) is 9.58. The van der Waals surface area contributed by atoms with Crippen LogP contribution in [0.2, 0.25) is 0 Å². The minimum atomic E-state index is -0.225. The molecule has 28 heavy (non-hydrogen) atoms. The molecular weight excluding hydrogens is 351 g/mol. The van der Waals surface area contributed by atoms with E-state index in [-0.39, 0.29) is 11.9 Å². The molecule has 4 nitrogen and oxygen atoms in total. The van der Waals surface area contributed by atoms with Gasteiger partial charge in [-0.1, -0.05) is 30.4 Å². The maximum Gasteiger partial charge on any atom is 0.123 e. The highest BCUT2D eigenvalue weighted by Gasteiger charge is 2.27. The Labute approximate surface area is 164 Å². The van der Waals surface area contributed by atoms with E-state index < -0.39 is 0 Å². The van der Waals surface area contributed by atoms with Crippen LogP contribution in [0.3, 0.4) is 0 Å². The molecule has 2 N–H and O–H groups in total. The lowest BCUT2D eigenvalue weighted by atomic mass is 10.0. The van der Waals surface area contributed by atoms with Gasteiger partial charge in [0.1, 0.15) is 11.7 Å². The Hall–Kier alpha value is -3.21. The molecule has 1 fully saturated rings. The number of hydrogen-bond acceptors (Lipinski definition) is 3. The standard InChI is InChI=1S/C23H23FN4/c24-18-7-3-6-17(16-18)22-11-5-15-28(22)23(25)13-12-19-8-4-10-21(27-19)20-9-1-2-14-26-20/h1-3,6-10,12-14,16,22,25,27H,4-5,11,15H2/b13-12-,25-23?/t22-/m1/s1. The van der Waals surface area contributed by atoms with Crippen molar-refractivity contribution in [3.05, 3.63) is 95.7 Å². The van der Waals surface area contributed by atoms with Gasteiger partial charge in [0, 0.05) is 18.4 Å².